The van der Waals surface area contributed by atoms with Crippen molar-refractivity contribution in [1.82, 2.24) is 15.1 Å². The molecule has 3 heteroatoms. The van der Waals surface area contributed by atoms with Gasteiger partial charge in [0.1, 0.15) is 0 Å². The number of nitrogens with zero attached hydrogens (tertiary/aromatic N) is 2. The molecule has 1 aliphatic rings. The Hall–Kier alpha value is -0.830. The van der Waals surface area contributed by atoms with E-state index in [9.17, 15) is 0 Å². The molecule has 0 aromatic carbocycles. The molecule has 0 amide bonds. The number of aromatic nitrogens is 2. The lowest BCUT2D eigenvalue weighted by Gasteiger charge is -2.28. The highest BCUT2D eigenvalue weighted by Gasteiger charge is 2.20. The first-order valence-electron chi connectivity index (χ1n) is 5.06. The molecule has 1 saturated carbocycles. The zero-order valence-electron chi connectivity index (χ0n) is 8.11. The van der Waals surface area contributed by atoms with E-state index in [0.29, 0.717) is 6.04 Å². The Morgan fingerprint density at radius 3 is 2.62 bits per heavy atom. The maximum Gasteiger partial charge on any atom is 0.0520 e. The van der Waals surface area contributed by atoms with Gasteiger partial charge in [0, 0.05) is 18.4 Å². The molecule has 0 spiro atoms. The average molecular weight is 179 g/mol. The Balaban J connectivity index is 1.92. The van der Waals surface area contributed by atoms with Gasteiger partial charge in [-0.05, 0) is 38.8 Å². The van der Waals surface area contributed by atoms with Crippen LogP contribution in [0, 0.1) is 0 Å². The van der Waals surface area contributed by atoms with Gasteiger partial charge in [-0.25, -0.2) is 0 Å². The summed E-state index contributed by atoms with van der Waals surface area (Å²) >= 11 is 0. The molecule has 1 fully saturated rings. The van der Waals surface area contributed by atoms with Crippen LogP contribution < -0.4 is 5.32 Å². The first-order valence-corrected chi connectivity index (χ1v) is 5.06. The molecule has 0 aliphatic heterocycles. The van der Waals surface area contributed by atoms with E-state index in [1.165, 1.54) is 25.7 Å². The standard InChI is InChI=1S/C10H17N3/c1-11-9-3-5-10(6-4-9)13-8-2-7-12-13/h2,7-11H,3-6H2,1H3. The lowest BCUT2D eigenvalue weighted by Crippen LogP contribution is -2.31. The van der Waals surface area contributed by atoms with Crippen molar-refractivity contribution in [2.75, 3.05) is 7.05 Å². The van der Waals surface area contributed by atoms with E-state index in [4.69, 9.17) is 0 Å². The minimum absolute atomic E-state index is 0.639. The summed E-state index contributed by atoms with van der Waals surface area (Å²) < 4.78 is 2.10. The molecule has 1 heterocycles. The topological polar surface area (TPSA) is 29.9 Å². The van der Waals surface area contributed by atoms with Crippen molar-refractivity contribution < 1.29 is 0 Å². The molecule has 0 radical (unpaired) electrons. The molecule has 72 valence electrons. The SMILES string of the molecule is CNC1CCC(n2cccn2)CC1. The second kappa shape index (κ2) is 3.92. The highest BCUT2D eigenvalue weighted by atomic mass is 15.3. The van der Waals surface area contributed by atoms with Crippen molar-refractivity contribution in [1.29, 1.82) is 0 Å². The lowest BCUT2D eigenvalue weighted by molar-refractivity contribution is 0.284. The lowest BCUT2D eigenvalue weighted by atomic mass is 9.91. The Labute approximate surface area is 79.1 Å². The molecule has 0 saturated heterocycles. The third kappa shape index (κ3) is 1.91. The van der Waals surface area contributed by atoms with Crippen molar-refractivity contribution in [2.24, 2.45) is 0 Å². The molecular formula is C10H17N3. The second-order valence-corrected chi connectivity index (χ2v) is 3.78. The number of rotatable bonds is 2. The van der Waals surface area contributed by atoms with Crippen LogP contribution >= 0.6 is 0 Å². The smallest absolute Gasteiger partial charge is 0.0520 e. The predicted molar refractivity (Wildman–Crippen MR) is 52.6 cm³/mol. The first-order chi connectivity index (χ1) is 6.40. The summed E-state index contributed by atoms with van der Waals surface area (Å²) in [7, 11) is 2.05. The fraction of sp³-hybridized carbons (Fsp3) is 0.700. The molecule has 3 nitrogen and oxygen atoms in total. The third-order valence-electron chi connectivity index (χ3n) is 3.00. The molecule has 0 bridgehead atoms. The van der Waals surface area contributed by atoms with Crippen molar-refractivity contribution in [3.8, 4) is 0 Å². The molecule has 1 aromatic rings. The Morgan fingerprint density at radius 2 is 2.08 bits per heavy atom. The van der Waals surface area contributed by atoms with Crippen LogP contribution in [0.1, 0.15) is 31.7 Å². The van der Waals surface area contributed by atoms with E-state index < -0.39 is 0 Å². The second-order valence-electron chi connectivity index (χ2n) is 3.78. The molecule has 1 N–H and O–H groups in total. The summed E-state index contributed by atoms with van der Waals surface area (Å²) in [5.74, 6) is 0. The Bertz CT molecular complexity index is 235. The fourth-order valence-electron chi connectivity index (χ4n) is 2.13. The van der Waals surface area contributed by atoms with E-state index in [-0.39, 0.29) is 0 Å². The predicted octanol–water partition coefficient (Wildman–Crippen LogP) is 1.59. The van der Waals surface area contributed by atoms with Crippen LogP contribution in [-0.4, -0.2) is 22.9 Å². The van der Waals surface area contributed by atoms with Crippen molar-refractivity contribution >= 4 is 0 Å². The molecule has 0 unspecified atom stereocenters. The number of nitrogens with one attached hydrogen (secondary N) is 1. The van der Waals surface area contributed by atoms with Gasteiger partial charge in [-0.2, -0.15) is 5.10 Å². The molecule has 0 atom stereocenters. The number of hydrogen-bond donors (Lipinski definition) is 1. The van der Waals surface area contributed by atoms with Crippen LogP contribution in [0.2, 0.25) is 0 Å². The van der Waals surface area contributed by atoms with Crippen LogP contribution in [0.5, 0.6) is 0 Å². The zero-order chi connectivity index (χ0) is 9.10. The monoisotopic (exact) mass is 179 g/mol. The van der Waals surface area contributed by atoms with E-state index in [0.717, 1.165) is 6.04 Å². The highest BCUT2D eigenvalue weighted by molar-refractivity contribution is 4.85. The van der Waals surface area contributed by atoms with Gasteiger partial charge in [0.2, 0.25) is 0 Å². The Kier molecular flexibility index (Phi) is 2.64. The fourth-order valence-corrected chi connectivity index (χ4v) is 2.13. The average Bonchev–Trinajstić information content (AvgIpc) is 2.71. The summed E-state index contributed by atoms with van der Waals surface area (Å²) in [6.07, 6.45) is 9.01. The van der Waals surface area contributed by atoms with Crippen LogP contribution in [-0.2, 0) is 0 Å². The molecule has 1 aliphatic carbocycles. The van der Waals surface area contributed by atoms with Crippen molar-refractivity contribution in [3.05, 3.63) is 18.5 Å². The minimum atomic E-state index is 0.639. The largest absolute Gasteiger partial charge is 0.317 e. The quantitative estimate of drug-likeness (QED) is 0.747. The van der Waals surface area contributed by atoms with E-state index in [1.54, 1.807) is 0 Å². The first kappa shape index (κ1) is 8.75. The molecule has 13 heavy (non-hydrogen) atoms. The summed E-state index contributed by atoms with van der Waals surface area (Å²) in [5.41, 5.74) is 0. The number of hydrogen-bond acceptors (Lipinski definition) is 2. The Morgan fingerprint density at radius 1 is 1.31 bits per heavy atom. The van der Waals surface area contributed by atoms with E-state index >= 15 is 0 Å². The van der Waals surface area contributed by atoms with Gasteiger partial charge in [-0.3, -0.25) is 4.68 Å². The van der Waals surface area contributed by atoms with Gasteiger partial charge < -0.3 is 5.32 Å². The van der Waals surface area contributed by atoms with Gasteiger partial charge in [0.15, 0.2) is 0 Å². The van der Waals surface area contributed by atoms with E-state index in [1.807, 2.05) is 12.3 Å². The summed E-state index contributed by atoms with van der Waals surface area (Å²) in [6.45, 7) is 0. The maximum atomic E-state index is 4.29. The zero-order valence-corrected chi connectivity index (χ0v) is 8.11. The third-order valence-corrected chi connectivity index (χ3v) is 3.00. The van der Waals surface area contributed by atoms with Crippen molar-refractivity contribution in [3.63, 3.8) is 0 Å². The van der Waals surface area contributed by atoms with Gasteiger partial charge >= 0.3 is 0 Å². The van der Waals surface area contributed by atoms with E-state index in [2.05, 4.69) is 28.3 Å². The normalized spacial score (nSPS) is 29.0. The van der Waals surface area contributed by atoms with Gasteiger partial charge in [0.05, 0.1) is 6.04 Å². The van der Waals surface area contributed by atoms with Gasteiger partial charge in [-0.1, -0.05) is 0 Å². The van der Waals surface area contributed by atoms with Crippen LogP contribution in [0.3, 0.4) is 0 Å². The minimum Gasteiger partial charge on any atom is -0.317 e. The molecule has 1 aromatic heterocycles. The van der Waals surface area contributed by atoms with Crippen molar-refractivity contribution in [2.45, 2.75) is 37.8 Å². The van der Waals surface area contributed by atoms with Gasteiger partial charge in [0.25, 0.3) is 0 Å². The van der Waals surface area contributed by atoms with Crippen LogP contribution in [0.4, 0.5) is 0 Å². The molecular weight excluding hydrogens is 162 g/mol. The summed E-state index contributed by atoms with van der Waals surface area (Å²) in [4.78, 5) is 0. The molecule has 2 rings (SSSR count). The summed E-state index contributed by atoms with van der Waals surface area (Å²) in [5, 5.41) is 7.63. The maximum absolute atomic E-state index is 4.29. The highest BCUT2D eigenvalue weighted by Crippen LogP contribution is 2.27. The van der Waals surface area contributed by atoms with Crippen LogP contribution in [0.15, 0.2) is 18.5 Å². The van der Waals surface area contributed by atoms with Crippen LogP contribution in [0.25, 0.3) is 0 Å². The van der Waals surface area contributed by atoms with Gasteiger partial charge in [-0.15, -0.1) is 0 Å². The summed E-state index contributed by atoms with van der Waals surface area (Å²) in [6, 6.07) is 3.37.